The van der Waals surface area contributed by atoms with E-state index in [-0.39, 0.29) is 5.97 Å². The number of hydrogen-bond donors (Lipinski definition) is 0. The number of hydrogen-bond acceptors (Lipinski definition) is 4. The quantitative estimate of drug-likeness (QED) is 0.348. The molecule has 0 bridgehead atoms. The zero-order valence-corrected chi connectivity index (χ0v) is 15.0. The van der Waals surface area contributed by atoms with E-state index in [1.807, 2.05) is 24.3 Å². The summed E-state index contributed by atoms with van der Waals surface area (Å²) in [5.41, 5.74) is 5.22. The van der Waals surface area contributed by atoms with Gasteiger partial charge in [-0.2, -0.15) is 4.80 Å². The second-order valence-corrected chi connectivity index (χ2v) is 6.29. The van der Waals surface area contributed by atoms with Gasteiger partial charge in [-0.05, 0) is 61.9 Å². The number of aryl methyl sites for hydroxylation is 2. The highest BCUT2D eigenvalue weighted by Gasteiger charge is 2.09. The van der Waals surface area contributed by atoms with Gasteiger partial charge in [0.2, 0.25) is 0 Å². The van der Waals surface area contributed by atoms with Gasteiger partial charge in [-0.3, -0.25) is 0 Å². The van der Waals surface area contributed by atoms with Gasteiger partial charge in [0.15, 0.2) is 0 Å². The molecule has 0 saturated heterocycles. The lowest BCUT2D eigenvalue weighted by molar-refractivity contribution is -0.137. The first-order valence-electron chi connectivity index (χ1n) is 8.88. The topological polar surface area (TPSA) is 57.0 Å². The third kappa shape index (κ3) is 4.36. The molecular weight excluding hydrogens is 326 g/mol. The Hall–Kier alpha value is -2.95. The van der Waals surface area contributed by atoms with Gasteiger partial charge in [0.1, 0.15) is 11.0 Å². The zero-order chi connectivity index (χ0) is 18.4. The number of unbranched alkanes of at least 4 members (excludes halogenated alkanes) is 2. The fraction of sp³-hybridized carbons (Fsp3) is 0.286. The van der Waals surface area contributed by atoms with Gasteiger partial charge in [-0.15, -0.1) is 10.2 Å². The molecule has 3 rings (SSSR count). The Morgan fingerprint density at radius 2 is 1.85 bits per heavy atom. The fourth-order valence-electron chi connectivity index (χ4n) is 2.86. The maximum atomic E-state index is 11.0. The lowest BCUT2D eigenvalue weighted by Gasteiger charge is -2.10. The minimum atomic E-state index is -0.359. The van der Waals surface area contributed by atoms with Gasteiger partial charge in [0.05, 0.1) is 12.3 Å². The molecule has 1 aromatic heterocycles. The molecule has 0 N–H and O–H groups in total. The number of esters is 1. The van der Waals surface area contributed by atoms with Crippen LogP contribution in [0.2, 0.25) is 0 Å². The number of nitrogens with zero attached hydrogens (tertiary/aromatic N) is 3. The molecule has 0 aliphatic carbocycles. The van der Waals surface area contributed by atoms with Crippen molar-refractivity contribution in [1.82, 2.24) is 15.0 Å². The Balaban J connectivity index is 1.66. The first kappa shape index (κ1) is 17.9. The van der Waals surface area contributed by atoms with Crippen LogP contribution in [0.25, 0.3) is 16.7 Å². The third-order valence-electron chi connectivity index (χ3n) is 4.24. The molecule has 0 atom stereocenters. The van der Waals surface area contributed by atoms with Crippen molar-refractivity contribution in [2.24, 2.45) is 0 Å². The maximum absolute atomic E-state index is 11.0. The highest BCUT2D eigenvalue weighted by molar-refractivity contribution is 5.81. The Kier molecular flexibility index (Phi) is 5.79. The van der Waals surface area contributed by atoms with Crippen molar-refractivity contribution in [2.75, 3.05) is 6.61 Å². The third-order valence-corrected chi connectivity index (χ3v) is 4.24. The molecule has 0 aliphatic heterocycles. The van der Waals surface area contributed by atoms with Crippen LogP contribution in [0.3, 0.4) is 0 Å². The molecule has 0 radical (unpaired) electrons. The van der Waals surface area contributed by atoms with Crippen molar-refractivity contribution in [3.8, 4) is 5.69 Å². The molecule has 3 aromatic rings. The number of ether oxygens (including phenoxy) is 1. The summed E-state index contributed by atoms with van der Waals surface area (Å²) in [5, 5.41) is 9.22. The van der Waals surface area contributed by atoms with Crippen molar-refractivity contribution in [3.63, 3.8) is 0 Å². The summed E-state index contributed by atoms with van der Waals surface area (Å²) >= 11 is 0. The molecule has 2 aromatic carbocycles. The van der Waals surface area contributed by atoms with E-state index in [9.17, 15) is 4.79 Å². The van der Waals surface area contributed by atoms with Gasteiger partial charge >= 0.3 is 5.97 Å². The summed E-state index contributed by atoms with van der Waals surface area (Å²) in [6, 6.07) is 14.3. The molecule has 0 fully saturated rings. The summed E-state index contributed by atoms with van der Waals surface area (Å²) in [5.74, 6) is -0.359. The van der Waals surface area contributed by atoms with E-state index in [4.69, 9.17) is 4.74 Å². The van der Waals surface area contributed by atoms with Gasteiger partial charge < -0.3 is 4.74 Å². The molecule has 0 unspecified atom stereocenters. The molecule has 0 aliphatic rings. The van der Waals surface area contributed by atoms with E-state index in [0.29, 0.717) is 6.61 Å². The highest BCUT2D eigenvalue weighted by Crippen LogP contribution is 2.20. The summed E-state index contributed by atoms with van der Waals surface area (Å²) in [7, 11) is 0. The monoisotopic (exact) mass is 349 g/mol. The van der Waals surface area contributed by atoms with Gasteiger partial charge in [-0.1, -0.05) is 30.8 Å². The van der Waals surface area contributed by atoms with Crippen LogP contribution >= 0.6 is 0 Å². The normalized spacial score (nSPS) is 10.8. The molecule has 0 saturated carbocycles. The summed E-state index contributed by atoms with van der Waals surface area (Å²) < 4.78 is 5.00. The molecule has 5 heteroatoms. The number of aromatic nitrogens is 3. The SMILES string of the molecule is C=CC(=O)OCCCCCc1ccc(C)cc1-n1nc2ccccc2n1. The average Bonchev–Trinajstić information content (AvgIpc) is 3.09. The van der Waals surface area contributed by atoms with Crippen molar-refractivity contribution in [1.29, 1.82) is 0 Å². The van der Waals surface area contributed by atoms with Crippen molar-refractivity contribution in [2.45, 2.75) is 32.6 Å². The van der Waals surface area contributed by atoms with Crippen molar-refractivity contribution < 1.29 is 9.53 Å². The Morgan fingerprint density at radius 3 is 2.54 bits per heavy atom. The predicted octanol–water partition coefficient (Wildman–Crippen LogP) is 4.17. The van der Waals surface area contributed by atoms with Crippen LogP contribution in [0.15, 0.2) is 55.1 Å². The van der Waals surface area contributed by atoms with Crippen LogP contribution < -0.4 is 0 Å². The molecule has 0 amide bonds. The first-order valence-corrected chi connectivity index (χ1v) is 8.88. The van der Waals surface area contributed by atoms with E-state index in [1.54, 1.807) is 4.80 Å². The highest BCUT2D eigenvalue weighted by atomic mass is 16.5. The average molecular weight is 349 g/mol. The number of carbonyl (C=O) groups is 1. The van der Waals surface area contributed by atoms with Crippen LogP contribution in [0, 0.1) is 6.92 Å². The maximum Gasteiger partial charge on any atom is 0.330 e. The fourth-order valence-corrected chi connectivity index (χ4v) is 2.86. The summed E-state index contributed by atoms with van der Waals surface area (Å²) in [6.07, 6.45) is 4.99. The van der Waals surface area contributed by atoms with Crippen LogP contribution in [0.4, 0.5) is 0 Å². The van der Waals surface area contributed by atoms with E-state index in [1.165, 1.54) is 17.2 Å². The summed E-state index contributed by atoms with van der Waals surface area (Å²) in [4.78, 5) is 12.8. The van der Waals surface area contributed by atoms with Gasteiger partial charge in [-0.25, -0.2) is 4.79 Å². The number of rotatable bonds is 8. The van der Waals surface area contributed by atoms with Crippen molar-refractivity contribution >= 4 is 17.0 Å². The lowest BCUT2D eigenvalue weighted by Crippen LogP contribution is -2.05. The van der Waals surface area contributed by atoms with E-state index >= 15 is 0 Å². The lowest BCUT2D eigenvalue weighted by atomic mass is 10.0. The van der Waals surface area contributed by atoms with Crippen LogP contribution in [0.5, 0.6) is 0 Å². The Morgan fingerprint density at radius 1 is 1.12 bits per heavy atom. The minimum Gasteiger partial charge on any atom is -0.463 e. The molecule has 5 nitrogen and oxygen atoms in total. The van der Waals surface area contributed by atoms with Crippen LogP contribution in [0.1, 0.15) is 30.4 Å². The van der Waals surface area contributed by atoms with Crippen LogP contribution in [-0.2, 0) is 16.0 Å². The second kappa shape index (κ2) is 8.43. The van der Waals surface area contributed by atoms with Crippen molar-refractivity contribution in [3.05, 3.63) is 66.2 Å². The summed E-state index contributed by atoms with van der Waals surface area (Å²) in [6.45, 7) is 5.90. The second-order valence-electron chi connectivity index (χ2n) is 6.29. The number of fused-ring (bicyclic) bond motifs is 1. The van der Waals surface area contributed by atoms with E-state index in [2.05, 4.69) is 41.9 Å². The Labute approximate surface area is 153 Å². The number of carbonyl (C=O) groups excluding carboxylic acids is 1. The number of benzene rings is 2. The van der Waals surface area contributed by atoms with Gasteiger partial charge in [0.25, 0.3) is 0 Å². The zero-order valence-electron chi connectivity index (χ0n) is 15.0. The predicted molar refractivity (Wildman–Crippen MR) is 102 cm³/mol. The first-order chi connectivity index (χ1) is 12.7. The molecule has 26 heavy (non-hydrogen) atoms. The molecular formula is C21H23N3O2. The molecule has 134 valence electrons. The van der Waals surface area contributed by atoms with E-state index < -0.39 is 0 Å². The standard InChI is InChI=1S/C21H23N3O2/c1-3-21(25)26-14-8-4-5-9-17-13-12-16(2)15-20(17)24-22-18-10-6-7-11-19(18)23-24/h3,6-7,10-13,15H,1,4-5,8-9,14H2,2H3. The molecule has 1 heterocycles. The smallest absolute Gasteiger partial charge is 0.330 e. The largest absolute Gasteiger partial charge is 0.463 e. The minimum absolute atomic E-state index is 0.359. The van der Waals surface area contributed by atoms with E-state index in [0.717, 1.165) is 42.4 Å². The van der Waals surface area contributed by atoms with Crippen LogP contribution in [-0.4, -0.2) is 27.6 Å². The Bertz CT molecular complexity index is 882. The van der Waals surface area contributed by atoms with Gasteiger partial charge in [0, 0.05) is 6.08 Å². The molecule has 0 spiro atoms.